The van der Waals surface area contributed by atoms with Gasteiger partial charge in [0, 0.05) is 5.92 Å². The average molecular weight is 907 g/mol. The van der Waals surface area contributed by atoms with Gasteiger partial charge in [0.15, 0.2) is 14.5 Å². The van der Waals surface area contributed by atoms with Crippen LogP contribution in [-0.4, -0.2) is 76.0 Å². The van der Waals surface area contributed by atoms with Gasteiger partial charge in [0.05, 0.1) is 68.0 Å². The van der Waals surface area contributed by atoms with Gasteiger partial charge in [-0.25, -0.2) is 14.5 Å². The van der Waals surface area contributed by atoms with Crippen LogP contribution in [0, 0.1) is 5.92 Å². The maximum Gasteiger partial charge on any atom is 0.386 e. The van der Waals surface area contributed by atoms with Crippen molar-refractivity contribution >= 4 is 114 Å². The second kappa shape index (κ2) is 14.8. The molecule has 2 aromatic heterocycles. The summed E-state index contributed by atoms with van der Waals surface area (Å²) in [4.78, 5) is 20.5. The van der Waals surface area contributed by atoms with E-state index in [-0.39, 0.29) is 18.3 Å². The first-order chi connectivity index (χ1) is 24.6. The summed E-state index contributed by atoms with van der Waals surface area (Å²) in [6, 6.07) is 6.67. The molecule has 3 saturated heterocycles. The van der Waals surface area contributed by atoms with Crippen LogP contribution in [0.2, 0.25) is 38.2 Å². The van der Waals surface area contributed by atoms with E-state index >= 15 is 0 Å². The summed E-state index contributed by atoms with van der Waals surface area (Å²) in [5.74, 6) is -0.450. The van der Waals surface area contributed by atoms with Crippen LogP contribution in [0.25, 0.3) is 22.1 Å². The van der Waals surface area contributed by atoms with E-state index in [0.29, 0.717) is 42.2 Å². The normalized spacial score (nSPS) is 34.6. The van der Waals surface area contributed by atoms with Crippen LogP contribution in [0.15, 0.2) is 36.9 Å². The molecule has 22 heteroatoms. The van der Waals surface area contributed by atoms with Gasteiger partial charge in [0.25, 0.3) is 0 Å². The molecule has 4 unspecified atom stereocenters. The standard InChI is InChI=1S/C31H38Cl4N4O9P2S2Si/c1-15-26-24(44-29(15)38-13-36-20-7-16(32)18(34)9-22(20)38)11-42-50(41,52)47-27-25(12-43-49(40,51)46-26)45-30(28(27)48-53(5,6)31(2,3)4)39-14-37-21-8-17(33)19(35)10-23(21)39/h7-10,13-15,24-30H,11-12H2,1-6H3,(H,40,51)(H,41,52)/t15-,24+,25+,26?,27?,28-,29+,30+,49?,50?/m0/s1. The van der Waals surface area contributed by atoms with Crippen LogP contribution in [-0.2, 0) is 48.4 Å². The number of halogens is 4. The fourth-order valence-corrected chi connectivity index (χ4v) is 11.4. The van der Waals surface area contributed by atoms with Crippen molar-refractivity contribution < 1.29 is 41.5 Å². The first-order valence-corrected chi connectivity index (χ1v) is 26.3. The lowest BCUT2D eigenvalue weighted by molar-refractivity contribution is -0.0569. The Morgan fingerprint density at radius 2 is 1.36 bits per heavy atom. The van der Waals surface area contributed by atoms with E-state index < -0.39 is 70.7 Å². The topological polar surface area (TPSA) is 138 Å². The molecule has 0 saturated carbocycles. The third kappa shape index (κ3) is 8.07. The fourth-order valence-electron chi connectivity index (χ4n) is 6.49. The van der Waals surface area contributed by atoms with Gasteiger partial charge in [-0.2, -0.15) is 0 Å². The lowest BCUT2D eigenvalue weighted by atomic mass is 10.0. The Balaban J connectivity index is 1.23. The molecule has 10 atom stereocenters. The van der Waals surface area contributed by atoms with E-state index in [2.05, 4.69) is 56.1 Å². The highest BCUT2D eigenvalue weighted by molar-refractivity contribution is 8.44. The largest absolute Gasteiger partial charge is 0.407 e. The highest BCUT2D eigenvalue weighted by Gasteiger charge is 2.55. The molecule has 0 aliphatic carbocycles. The molecule has 0 bridgehead atoms. The van der Waals surface area contributed by atoms with Gasteiger partial charge >= 0.3 is 13.5 Å². The zero-order valence-electron chi connectivity index (χ0n) is 29.3. The SMILES string of the molecule is C[C@H]1C2OP(O)(=S)OC[C@H]3O[C@@H](n4cnc5cc(Cl)c(Cl)cc54)[C@@H](O[Si](C)(C)C(C)(C)C)C3OP(=O)(S)OC[C@H]2O[C@H]1n1cnc2cc(Cl)c(Cl)cc21. The molecule has 1 N–H and O–H groups in total. The second-order valence-corrected chi connectivity index (χ2v) is 26.9. The summed E-state index contributed by atoms with van der Waals surface area (Å²) in [5.41, 5.74) is 2.42. The van der Waals surface area contributed by atoms with Gasteiger partial charge in [-0.1, -0.05) is 86.3 Å². The Kier molecular flexibility index (Phi) is 11.4. The Morgan fingerprint density at radius 1 is 0.868 bits per heavy atom. The summed E-state index contributed by atoms with van der Waals surface area (Å²) in [6.07, 6.45) is -3.15. The number of fused-ring (bicyclic) bond motifs is 4. The first kappa shape index (κ1) is 40.8. The summed E-state index contributed by atoms with van der Waals surface area (Å²) in [7, 11) is -2.59. The fraction of sp³-hybridized carbons (Fsp3) is 0.548. The summed E-state index contributed by atoms with van der Waals surface area (Å²) in [6.45, 7) is 3.49. The van der Waals surface area contributed by atoms with Crippen LogP contribution >= 0.6 is 72.2 Å². The first-order valence-electron chi connectivity index (χ1n) is 16.6. The van der Waals surface area contributed by atoms with Crippen molar-refractivity contribution in [2.45, 2.75) is 88.8 Å². The number of hydrogen-bond donors (Lipinski definition) is 2. The quantitative estimate of drug-likeness (QED) is 0.115. The molecule has 13 nitrogen and oxygen atoms in total. The van der Waals surface area contributed by atoms with E-state index in [9.17, 15) is 9.46 Å². The molecule has 2 aromatic carbocycles. The maximum absolute atomic E-state index is 14.2. The molecule has 3 fully saturated rings. The molecule has 0 amide bonds. The zero-order chi connectivity index (χ0) is 38.4. The van der Waals surface area contributed by atoms with Crippen LogP contribution in [0.5, 0.6) is 0 Å². The van der Waals surface area contributed by atoms with Crippen LogP contribution in [0.3, 0.4) is 0 Å². The van der Waals surface area contributed by atoms with Crippen molar-refractivity contribution in [1.29, 1.82) is 0 Å². The lowest BCUT2D eigenvalue weighted by Crippen LogP contribution is -2.49. The average Bonchev–Trinajstić information content (AvgIpc) is 3.79. The number of hydrogen-bond acceptors (Lipinski definition) is 11. The number of imidazole rings is 2. The van der Waals surface area contributed by atoms with E-state index in [1.54, 1.807) is 46.1 Å². The Labute approximate surface area is 337 Å². The highest BCUT2D eigenvalue weighted by Crippen LogP contribution is 2.59. The van der Waals surface area contributed by atoms with Crippen LogP contribution in [0.4, 0.5) is 0 Å². The van der Waals surface area contributed by atoms with E-state index in [0.717, 1.165) is 0 Å². The lowest BCUT2D eigenvalue weighted by Gasteiger charge is -2.41. The van der Waals surface area contributed by atoms with Crippen molar-refractivity contribution in [2.75, 3.05) is 13.2 Å². The second-order valence-electron chi connectivity index (χ2n) is 14.8. The number of benzene rings is 2. The van der Waals surface area contributed by atoms with E-state index in [1.165, 1.54) is 0 Å². The summed E-state index contributed by atoms with van der Waals surface area (Å²) < 4.78 is 62.1. The van der Waals surface area contributed by atoms with Crippen molar-refractivity contribution in [2.24, 2.45) is 5.92 Å². The minimum Gasteiger partial charge on any atom is -0.407 e. The minimum absolute atomic E-state index is 0.243. The summed E-state index contributed by atoms with van der Waals surface area (Å²) in [5, 5.41) is 1.11. The number of aromatic nitrogens is 4. The minimum atomic E-state index is -4.19. The van der Waals surface area contributed by atoms with Gasteiger partial charge in [0.2, 0.25) is 0 Å². The predicted octanol–water partition coefficient (Wildman–Crippen LogP) is 9.59. The predicted molar refractivity (Wildman–Crippen MR) is 213 cm³/mol. The smallest absolute Gasteiger partial charge is 0.386 e. The van der Waals surface area contributed by atoms with Crippen LogP contribution < -0.4 is 0 Å². The van der Waals surface area contributed by atoms with E-state index in [4.69, 9.17) is 90.2 Å². The molecular formula is C31H38Cl4N4O9P2S2Si. The molecule has 0 spiro atoms. The number of thiol groups is 1. The van der Waals surface area contributed by atoms with Crippen molar-refractivity contribution in [1.82, 2.24) is 19.1 Å². The molecule has 5 heterocycles. The molecule has 4 aromatic rings. The van der Waals surface area contributed by atoms with Crippen molar-refractivity contribution in [3.05, 3.63) is 57.0 Å². The molecule has 7 rings (SSSR count). The maximum atomic E-state index is 14.2. The Hall–Kier alpha value is -0.333. The highest BCUT2D eigenvalue weighted by atomic mass is 35.5. The van der Waals surface area contributed by atoms with Gasteiger partial charge < -0.3 is 37.0 Å². The molecule has 3 aliphatic rings. The summed E-state index contributed by atoms with van der Waals surface area (Å²) >= 11 is 35.3. The zero-order valence-corrected chi connectivity index (χ0v) is 36.8. The van der Waals surface area contributed by atoms with Crippen molar-refractivity contribution in [3.8, 4) is 0 Å². The van der Waals surface area contributed by atoms with Crippen molar-refractivity contribution in [3.63, 3.8) is 0 Å². The number of rotatable bonds is 4. The van der Waals surface area contributed by atoms with Gasteiger partial charge in [-0.15, -0.1) is 0 Å². The van der Waals surface area contributed by atoms with Crippen LogP contribution in [0.1, 0.15) is 40.2 Å². The Morgan fingerprint density at radius 3 is 1.92 bits per heavy atom. The third-order valence-electron chi connectivity index (χ3n) is 10.3. The number of nitrogens with zero attached hydrogens (tertiary/aromatic N) is 4. The monoisotopic (exact) mass is 904 g/mol. The number of ether oxygens (including phenoxy) is 2. The molecule has 0 radical (unpaired) electrons. The molecular weight excluding hydrogens is 868 g/mol. The molecule has 53 heavy (non-hydrogen) atoms. The van der Waals surface area contributed by atoms with Gasteiger partial charge in [0.1, 0.15) is 36.7 Å². The van der Waals surface area contributed by atoms with E-state index in [1.807, 2.05) is 6.92 Å². The Bertz CT molecular complexity index is 2160. The third-order valence-corrected chi connectivity index (χ3v) is 19.4. The molecule has 290 valence electrons. The van der Waals surface area contributed by atoms with Gasteiger partial charge in [-0.05, 0) is 54.2 Å². The van der Waals surface area contributed by atoms with Gasteiger partial charge in [-0.3, -0.25) is 9.05 Å². The molecule has 3 aliphatic heterocycles.